The third-order valence-electron chi connectivity index (χ3n) is 2.22. The van der Waals surface area contributed by atoms with Crippen LogP contribution in [-0.2, 0) is 0 Å². The predicted octanol–water partition coefficient (Wildman–Crippen LogP) is 0.154. The maximum absolute atomic E-state index is 13.3. The van der Waals surface area contributed by atoms with Crippen LogP contribution in [0.5, 0.6) is 5.75 Å². The van der Waals surface area contributed by atoms with E-state index in [-0.39, 0.29) is 12.3 Å². The van der Waals surface area contributed by atoms with E-state index in [1.807, 2.05) is 0 Å². The van der Waals surface area contributed by atoms with E-state index in [9.17, 15) is 9.50 Å². The summed E-state index contributed by atoms with van der Waals surface area (Å²) in [5.74, 6) is -0.358. The van der Waals surface area contributed by atoms with Gasteiger partial charge in [0, 0.05) is 6.54 Å². The molecule has 0 aliphatic heterocycles. The van der Waals surface area contributed by atoms with Crippen LogP contribution in [0, 0.1) is 5.82 Å². The first-order valence-electron chi connectivity index (χ1n) is 4.57. The number of methoxy groups -OCH3 is 1. The second-order valence-corrected chi connectivity index (χ2v) is 3.22. The maximum Gasteiger partial charge on any atom is 0.165 e. The molecule has 2 unspecified atom stereocenters. The van der Waals surface area contributed by atoms with Crippen molar-refractivity contribution in [3.8, 4) is 5.75 Å². The zero-order valence-electron chi connectivity index (χ0n) is 8.48. The normalized spacial score (nSPS) is 14.7. The summed E-state index contributed by atoms with van der Waals surface area (Å²) in [5.41, 5.74) is 11.4. The molecule has 0 saturated carbocycles. The molecule has 0 spiro atoms. The van der Waals surface area contributed by atoms with Gasteiger partial charge in [0.15, 0.2) is 11.6 Å². The zero-order chi connectivity index (χ0) is 11.4. The Bertz CT molecular complexity index is 333. The summed E-state index contributed by atoms with van der Waals surface area (Å²) >= 11 is 0. The number of benzene rings is 1. The largest absolute Gasteiger partial charge is 0.494 e. The van der Waals surface area contributed by atoms with Gasteiger partial charge in [-0.3, -0.25) is 0 Å². The lowest BCUT2D eigenvalue weighted by atomic mass is 10.0. The smallest absolute Gasteiger partial charge is 0.165 e. The van der Waals surface area contributed by atoms with E-state index in [4.69, 9.17) is 16.2 Å². The average molecular weight is 214 g/mol. The Morgan fingerprint density at radius 1 is 1.53 bits per heavy atom. The van der Waals surface area contributed by atoms with Crippen molar-refractivity contribution >= 4 is 0 Å². The quantitative estimate of drug-likeness (QED) is 0.666. The molecule has 0 heterocycles. The van der Waals surface area contributed by atoms with Crippen molar-refractivity contribution in [2.75, 3.05) is 13.7 Å². The molecule has 5 heteroatoms. The molecule has 0 bridgehead atoms. The first-order valence-corrected chi connectivity index (χ1v) is 4.57. The summed E-state index contributed by atoms with van der Waals surface area (Å²) in [7, 11) is 1.38. The number of hydrogen-bond donors (Lipinski definition) is 3. The van der Waals surface area contributed by atoms with Crippen molar-refractivity contribution < 1.29 is 14.2 Å². The highest BCUT2D eigenvalue weighted by Crippen LogP contribution is 2.22. The minimum atomic E-state index is -0.877. The predicted molar refractivity (Wildman–Crippen MR) is 54.9 cm³/mol. The molecule has 0 aromatic heterocycles. The van der Waals surface area contributed by atoms with E-state index in [0.717, 1.165) is 0 Å². The van der Waals surface area contributed by atoms with E-state index in [1.165, 1.54) is 19.2 Å². The molecule has 1 rings (SSSR count). The summed E-state index contributed by atoms with van der Waals surface area (Å²) in [6, 6.07) is 3.62. The molecule has 0 aliphatic carbocycles. The van der Waals surface area contributed by atoms with Crippen LogP contribution in [0.2, 0.25) is 0 Å². The third kappa shape index (κ3) is 2.65. The van der Waals surface area contributed by atoms with Gasteiger partial charge in [-0.05, 0) is 17.7 Å². The first-order chi connectivity index (χ1) is 7.10. The van der Waals surface area contributed by atoms with Crippen LogP contribution < -0.4 is 16.2 Å². The van der Waals surface area contributed by atoms with Gasteiger partial charge in [-0.15, -0.1) is 0 Å². The van der Waals surface area contributed by atoms with Crippen molar-refractivity contribution in [2.24, 2.45) is 11.5 Å². The second kappa shape index (κ2) is 5.06. The van der Waals surface area contributed by atoms with E-state index in [0.29, 0.717) is 5.56 Å². The Morgan fingerprint density at radius 3 is 2.67 bits per heavy atom. The van der Waals surface area contributed by atoms with Gasteiger partial charge in [-0.2, -0.15) is 0 Å². The Labute approximate surface area is 87.6 Å². The summed E-state index contributed by atoms with van der Waals surface area (Å²) in [5, 5.41) is 9.39. The lowest BCUT2D eigenvalue weighted by Crippen LogP contribution is -2.32. The van der Waals surface area contributed by atoms with E-state index < -0.39 is 18.0 Å². The Morgan fingerprint density at radius 2 is 2.20 bits per heavy atom. The number of rotatable bonds is 4. The monoisotopic (exact) mass is 214 g/mol. The Hall–Kier alpha value is -1.17. The minimum Gasteiger partial charge on any atom is -0.494 e. The van der Waals surface area contributed by atoms with Crippen LogP contribution in [0.15, 0.2) is 18.2 Å². The van der Waals surface area contributed by atoms with Gasteiger partial charge < -0.3 is 21.3 Å². The van der Waals surface area contributed by atoms with Gasteiger partial charge >= 0.3 is 0 Å². The highest BCUT2D eigenvalue weighted by Gasteiger charge is 2.16. The van der Waals surface area contributed by atoms with Gasteiger partial charge in [0.1, 0.15) is 0 Å². The van der Waals surface area contributed by atoms with Gasteiger partial charge in [0.2, 0.25) is 0 Å². The second-order valence-electron chi connectivity index (χ2n) is 3.22. The summed E-state index contributed by atoms with van der Waals surface area (Å²) < 4.78 is 18.0. The molecule has 4 nitrogen and oxygen atoms in total. The Kier molecular flexibility index (Phi) is 4.02. The fourth-order valence-electron chi connectivity index (χ4n) is 1.26. The highest BCUT2D eigenvalue weighted by atomic mass is 19.1. The number of aliphatic hydroxyl groups excluding tert-OH is 1. The molecule has 0 fully saturated rings. The summed E-state index contributed by atoms with van der Waals surface area (Å²) in [4.78, 5) is 0. The Balaban J connectivity index is 2.92. The molecule has 15 heavy (non-hydrogen) atoms. The van der Waals surface area contributed by atoms with Crippen LogP contribution >= 0.6 is 0 Å². The van der Waals surface area contributed by atoms with Gasteiger partial charge in [-0.1, -0.05) is 6.07 Å². The van der Waals surface area contributed by atoms with Gasteiger partial charge in [0.25, 0.3) is 0 Å². The molecule has 0 amide bonds. The molecule has 0 aliphatic rings. The van der Waals surface area contributed by atoms with Crippen molar-refractivity contribution in [1.29, 1.82) is 0 Å². The fourth-order valence-corrected chi connectivity index (χ4v) is 1.26. The fraction of sp³-hybridized carbons (Fsp3) is 0.400. The van der Waals surface area contributed by atoms with E-state index in [2.05, 4.69) is 0 Å². The molecule has 1 aromatic rings. The van der Waals surface area contributed by atoms with Crippen molar-refractivity contribution in [3.63, 3.8) is 0 Å². The van der Waals surface area contributed by atoms with Crippen molar-refractivity contribution in [3.05, 3.63) is 29.6 Å². The first kappa shape index (κ1) is 11.9. The molecular weight excluding hydrogens is 199 g/mol. The molecule has 0 saturated heterocycles. The lowest BCUT2D eigenvalue weighted by molar-refractivity contribution is 0.153. The number of hydrogen-bond acceptors (Lipinski definition) is 4. The zero-order valence-corrected chi connectivity index (χ0v) is 8.48. The van der Waals surface area contributed by atoms with Crippen molar-refractivity contribution in [2.45, 2.75) is 12.1 Å². The standard InChI is InChI=1S/C10H15FN2O2/c1-15-9-3-2-6(4-7(9)11)10(13)8(14)5-12/h2-4,8,10,14H,5,12-13H2,1H3. The minimum absolute atomic E-state index is 0.0365. The molecule has 1 aromatic carbocycles. The third-order valence-corrected chi connectivity index (χ3v) is 2.22. The van der Waals surface area contributed by atoms with E-state index >= 15 is 0 Å². The maximum atomic E-state index is 13.3. The average Bonchev–Trinajstić information content (AvgIpc) is 2.26. The number of aliphatic hydroxyl groups is 1. The number of nitrogens with two attached hydrogens (primary N) is 2. The highest BCUT2D eigenvalue weighted by molar-refractivity contribution is 5.31. The van der Waals surface area contributed by atoms with Gasteiger partial charge in [0.05, 0.1) is 19.3 Å². The molecule has 0 radical (unpaired) electrons. The summed E-state index contributed by atoms with van der Waals surface area (Å²) in [6.07, 6.45) is -0.877. The van der Waals surface area contributed by atoms with E-state index in [1.54, 1.807) is 6.07 Å². The van der Waals surface area contributed by atoms with Gasteiger partial charge in [-0.25, -0.2) is 4.39 Å². The number of ether oxygens (including phenoxy) is 1. The van der Waals surface area contributed by atoms with Crippen LogP contribution in [0.25, 0.3) is 0 Å². The molecule has 5 N–H and O–H groups in total. The molecule has 2 atom stereocenters. The molecule has 84 valence electrons. The lowest BCUT2D eigenvalue weighted by Gasteiger charge is -2.17. The molecular formula is C10H15FN2O2. The SMILES string of the molecule is COc1ccc(C(N)C(O)CN)cc1F. The topological polar surface area (TPSA) is 81.5 Å². The number of halogens is 1. The van der Waals surface area contributed by atoms with Crippen LogP contribution in [0.1, 0.15) is 11.6 Å². The van der Waals surface area contributed by atoms with Crippen LogP contribution in [0.3, 0.4) is 0 Å². The van der Waals surface area contributed by atoms with Crippen molar-refractivity contribution in [1.82, 2.24) is 0 Å². The van der Waals surface area contributed by atoms with Crippen LogP contribution in [0.4, 0.5) is 4.39 Å². The van der Waals surface area contributed by atoms with Crippen LogP contribution in [-0.4, -0.2) is 24.9 Å². The summed E-state index contributed by atoms with van der Waals surface area (Å²) in [6.45, 7) is 0.0365.